The van der Waals surface area contributed by atoms with Crippen molar-refractivity contribution >= 4 is 29.2 Å². The van der Waals surface area contributed by atoms with Gasteiger partial charge < -0.3 is 30.4 Å². The van der Waals surface area contributed by atoms with Gasteiger partial charge in [0.05, 0.1) is 16.3 Å². The quantitative estimate of drug-likeness (QED) is 0.160. The molecule has 2 aromatic heterocycles. The summed E-state index contributed by atoms with van der Waals surface area (Å²) in [6, 6.07) is 10.3. The van der Waals surface area contributed by atoms with Gasteiger partial charge >= 0.3 is 0 Å². The van der Waals surface area contributed by atoms with E-state index in [2.05, 4.69) is 38.3 Å². The standard InChI is InChI=1S/C25H27ClN5O3.C3H7FN.Lr/c1-5-28-24(32)18-12-17(25(33)31-23-19(26)7-6-10-29-23)16(3)11-21(18)34-22(14-27-4)20-9-8-15(2)13-30-20;1-2-5-3-4;/h6-13,22,27H,4-5,14H2,1-3H3,(H,28,32)(H,29,31,33);3,5H,2H2,1H3;/q2*-1;/t22-;;/m1../s1. The predicted molar refractivity (Wildman–Crippen MR) is 151 cm³/mol. The van der Waals surface area contributed by atoms with Crippen molar-refractivity contribution in [2.24, 2.45) is 0 Å². The number of rotatable bonds is 11. The molecule has 0 aliphatic heterocycles. The summed E-state index contributed by atoms with van der Waals surface area (Å²) in [5, 5.41) is 10.9. The van der Waals surface area contributed by atoms with Crippen LogP contribution < -0.4 is 26.0 Å². The molecule has 1 aromatic carbocycles. The third-order valence-corrected chi connectivity index (χ3v) is 5.59. The van der Waals surface area contributed by atoms with E-state index in [0.717, 1.165) is 5.56 Å². The maximum atomic E-state index is 13.0. The smallest absolute Gasteiger partial charge is 0.257 e. The fourth-order valence-electron chi connectivity index (χ4n) is 3.35. The molecule has 0 saturated heterocycles. The number of amides is 2. The molecule has 0 aliphatic carbocycles. The molecular weight excluding hydrogens is 785 g/mol. The Bertz CT molecular complexity index is 1230. The number of halogens is 2. The third kappa shape index (κ3) is 9.61. The number of anilines is 1. The number of aryl methyl sites for hydroxylation is 2. The topological polar surface area (TPSA) is 117 Å². The second-order valence-corrected chi connectivity index (χ2v) is 8.71. The molecule has 0 aliphatic rings. The Morgan fingerprint density at radius 1 is 1.10 bits per heavy atom. The average Bonchev–Trinajstić information content (AvgIpc) is 2.91. The van der Waals surface area contributed by atoms with Gasteiger partial charge in [-0.05, 0) is 68.8 Å². The molecule has 0 saturated carbocycles. The SMILES string of the molecule is CCN[CH-]F.[CH2-]NC[C@@H](Oc1cc(C)c(C(=O)Nc2ncccc2Cl)cc1C(=O)NCC)c1ccc(C)cn1.[Lr]. The number of hydrogen-bond acceptors (Lipinski definition) is 7. The number of hydrogen-bond donors (Lipinski definition) is 4. The van der Waals surface area contributed by atoms with Crippen molar-refractivity contribution in [2.75, 3.05) is 25.0 Å². The fourth-order valence-corrected chi connectivity index (χ4v) is 3.52. The molecule has 3 aromatic rings. The summed E-state index contributed by atoms with van der Waals surface area (Å²) in [6.07, 6.45) is 2.78. The second-order valence-electron chi connectivity index (χ2n) is 8.30. The number of carbonyl (C=O) groups excluding carboxylic acids is 2. The number of carbonyl (C=O) groups is 2. The zero-order valence-corrected chi connectivity index (χ0v) is 25.6. The van der Waals surface area contributed by atoms with E-state index in [0.29, 0.717) is 54.0 Å². The number of pyridine rings is 2. The van der Waals surface area contributed by atoms with E-state index in [1.807, 2.05) is 32.9 Å². The van der Waals surface area contributed by atoms with E-state index in [1.165, 1.54) is 12.3 Å². The van der Waals surface area contributed by atoms with Gasteiger partial charge in [0, 0.05) is 31.0 Å². The van der Waals surface area contributed by atoms with E-state index in [4.69, 9.17) is 16.3 Å². The van der Waals surface area contributed by atoms with E-state index in [1.54, 1.807) is 31.3 Å². The second kappa shape index (κ2) is 17.1. The van der Waals surface area contributed by atoms with Crippen LogP contribution in [0.5, 0.6) is 5.75 Å². The Morgan fingerprint density at radius 3 is 2.40 bits per heavy atom. The maximum Gasteiger partial charge on any atom is 0.257 e. The summed E-state index contributed by atoms with van der Waals surface area (Å²) in [5.41, 5.74) is 2.85. The van der Waals surface area contributed by atoms with Crippen LogP contribution in [0, 0.1) is 27.7 Å². The third-order valence-electron chi connectivity index (χ3n) is 5.29. The van der Waals surface area contributed by atoms with Crippen LogP contribution in [0.2, 0.25) is 5.02 Å². The Balaban J connectivity index is 0.00000122. The zero-order valence-electron chi connectivity index (χ0n) is 22.7. The number of ether oxygens (including phenoxy) is 1. The van der Waals surface area contributed by atoms with Crippen LogP contribution >= 0.6 is 11.6 Å². The monoisotopic (exact) mass is 818 g/mol. The Kier molecular flexibility index (Phi) is 14.3. The number of nitrogens with zero attached hydrogens (tertiary/aromatic N) is 2. The molecule has 0 fully saturated rings. The maximum absolute atomic E-state index is 13.0. The molecule has 1 radical (unpaired) electrons. The number of benzene rings is 1. The molecular formula is C28H34ClFLrN6O3-2. The largest absolute Gasteiger partial charge is 0.482 e. The Hall–Kier alpha value is -4.60. The van der Waals surface area contributed by atoms with Gasteiger partial charge in [-0.3, -0.25) is 21.6 Å². The van der Waals surface area contributed by atoms with E-state index in [9.17, 15) is 14.0 Å². The normalized spacial score (nSPS) is 10.9. The molecule has 9 nitrogen and oxygen atoms in total. The van der Waals surface area contributed by atoms with Crippen LogP contribution in [0.15, 0.2) is 48.8 Å². The van der Waals surface area contributed by atoms with Gasteiger partial charge in [0.25, 0.3) is 11.8 Å². The summed E-state index contributed by atoms with van der Waals surface area (Å²) in [5.74, 6) is -0.231. The summed E-state index contributed by atoms with van der Waals surface area (Å²) < 4.78 is 17.0. The molecule has 12 heteroatoms. The summed E-state index contributed by atoms with van der Waals surface area (Å²) >= 11 is 6.12. The van der Waals surface area contributed by atoms with Crippen molar-refractivity contribution in [3.05, 3.63) is 95.6 Å². The first-order valence-electron chi connectivity index (χ1n) is 12.3. The van der Waals surface area contributed by atoms with E-state index < -0.39 is 12.0 Å². The Labute approximate surface area is 233 Å². The van der Waals surface area contributed by atoms with Crippen molar-refractivity contribution in [1.82, 2.24) is 25.9 Å². The van der Waals surface area contributed by atoms with Crippen LogP contribution in [0.25, 0.3) is 0 Å². The number of nitrogens with one attached hydrogen (secondary N) is 4. The molecule has 40 heavy (non-hydrogen) atoms. The van der Waals surface area contributed by atoms with Crippen LogP contribution in [-0.4, -0.2) is 41.4 Å². The van der Waals surface area contributed by atoms with Crippen molar-refractivity contribution in [2.45, 2.75) is 33.8 Å². The van der Waals surface area contributed by atoms with Gasteiger partial charge in [0.1, 0.15) is 5.75 Å². The van der Waals surface area contributed by atoms with Crippen molar-refractivity contribution in [1.29, 1.82) is 0 Å². The summed E-state index contributed by atoms with van der Waals surface area (Å²) in [7, 11) is 3.69. The Morgan fingerprint density at radius 2 is 1.85 bits per heavy atom. The van der Waals surface area contributed by atoms with Crippen LogP contribution in [0.4, 0.5) is 10.2 Å². The van der Waals surface area contributed by atoms with Crippen molar-refractivity contribution < 1.29 is 18.7 Å². The minimum Gasteiger partial charge on any atom is -0.482 e. The molecule has 0 spiro atoms. The molecule has 2 amide bonds. The first-order valence-corrected chi connectivity index (χ1v) is 12.7. The zero-order chi connectivity index (χ0) is 28.8. The van der Waals surface area contributed by atoms with Gasteiger partial charge in [-0.2, -0.15) is 0 Å². The van der Waals surface area contributed by atoms with Crippen LogP contribution in [-0.2, 0) is 0 Å². The van der Waals surface area contributed by atoms with E-state index >= 15 is 0 Å². The first-order chi connectivity index (χ1) is 18.7. The van der Waals surface area contributed by atoms with Crippen molar-refractivity contribution in [3.8, 4) is 5.75 Å². The van der Waals surface area contributed by atoms with E-state index in [-0.39, 0.29) is 17.3 Å². The molecule has 0 unspecified atom stereocenters. The van der Waals surface area contributed by atoms with Crippen molar-refractivity contribution in [3.63, 3.8) is 0 Å². The van der Waals surface area contributed by atoms with Gasteiger partial charge in [-0.15, -0.1) is 6.80 Å². The summed E-state index contributed by atoms with van der Waals surface area (Å²) in [4.78, 5) is 34.4. The minimum absolute atomic E-state index is 0. The average molecular weight is 819 g/mol. The fraction of sp³-hybridized carbons (Fsp3) is 0.286. The molecule has 4 N–H and O–H groups in total. The molecule has 0 bridgehead atoms. The summed E-state index contributed by atoms with van der Waals surface area (Å²) in [6.45, 7) is 9.24. The minimum atomic E-state index is -0.502. The van der Waals surface area contributed by atoms with Gasteiger partial charge in [0.15, 0.2) is 11.9 Å². The van der Waals surface area contributed by atoms with Crippen LogP contribution in [0.3, 0.4) is 0 Å². The molecule has 1 atom stereocenters. The molecule has 225 valence electrons. The molecule has 2 heterocycles. The predicted octanol–water partition coefficient (Wildman–Crippen LogP) is 4.93. The van der Waals surface area contributed by atoms with Gasteiger partial charge in [-0.1, -0.05) is 24.6 Å². The number of aromatic nitrogens is 2. The first kappa shape index (κ1) is 33.4. The van der Waals surface area contributed by atoms with Gasteiger partial charge in [0.2, 0.25) is 0 Å². The van der Waals surface area contributed by atoms with Crippen LogP contribution in [0.1, 0.15) is 57.5 Å². The molecule has 3 rings (SSSR count). The van der Waals surface area contributed by atoms with Gasteiger partial charge in [-0.25, -0.2) is 4.98 Å².